The Labute approximate surface area is 110 Å². The van der Waals surface area contributed by atoms with Crippen LogP contribution < -0.4 is 5.43 Å². The van der Waals surface area contributed by atoms with Crippen LogP contribution in [0.15, 0.2) is 40.8 Å². The third kappa shape index (κ3) is 3.05. The van der Waals surface area contributed by atoms with Gasteiger partial charge in [0, 0.05) is 10.4 Å². The fourth-order valence-corrected chi connectivity index (χ4v) is 2.05. The maximum absolute atomic E-state index is 11.8. The fourth-order valence-electron chi connectivity index (χ4n) is 1.47. The highest BCUT2D eigenvalue weighted by atomic mass is 32.1. The minimum atomic E-state index is -0.189. The number of nitrogens with one attached hydrogen (secondary N) is 1. The van der Waals surface area contributed by atoms with Crippen molar-refractivity contribution in [1.29, 1.82) is 0 Å². The molecule has 1 aromatic heterocycles. The molecule has 0 bridgehead atoms. The summed E-state index contributed by atoms with van der Waals surface area (Å²) < 4.78 is 0. The van der Waals surface area contributed by atoms with E-state index in [0.29, 0.717) is 5.56 Å². The van der Waals surface area contributed by atoms with Crippen molar-refractivity contribution < 1.29 is 4.79 Å². The van der Waals surface area contributed by atoms with Gasteiger partial charge >= 0.3 is 0 Å². The molecule has 92 valence electrons. The third-order valence-electron chi connectivity index (χ3n) is 2.67. The van der Waals surface area contributed by atoms with E-state index in [4.69, 9.17) is 0 Å². The van der Waals surface area contributed by atoms with E-state index in [0.717, 1.165) is 10.4 Å². The lowest BCUT2D eigenvalue weighted by Crippen LogP contribution is -2.17. The molecular formula is C14H14N2OS. The van der Waals surface area contributed by atoms with Gasteiger partial charge in [-0.1, -0.05) is 12.1 Å². The van der Waals surface area contributed by atoms with Crippen molar-refractivity contribution >= 4 is 23.5 Å². The summed E-state index contributed by atoms with van der Waals surface area (Å²) in [5.74, 6) is -0.189. The standard InChI is InChI=1S/C14H14N2OS/c1-10-5-6-12(8-11(10)2)14(17)16-15-9-13-4-3-7-18-13/h3-9H,1-2H3,(H,16,17)/b15-9+. The van der Waals surface area contributed by atoms with Crippen LogP contribution in [0, 0.1) is 13.8 Å². The quantitative estimate of drug-likeness (QED) is 0.667. The van der Waals surface area contributed by atoms with Crippen LogP contribution in [-0.4, -0.2) is 12.1 Å². The first-order valence-corrected chi connectivity index (χ1v) is 6.49. The van der Waals surface area contributed by atoms with Crippen molar-refractivity contribution in [3.63, 3.8) is 0 Å². The summed E-state index contributed by atoms with van der Waals surface area (Å²) in [7, 11) is 0. The van der Waals surface area contributed by atoms with Gasteiger partial charge in [0.1, 0.15) is 0 Å². The second-order valence-electron chi connectivity index (χ2n) is 4.01. The molecule has 0 fully saturated rings. The van der Waals surface area contributed by atoms with Gasteiger partial charge in [-0.15, -0.1) is 11.3 Å². The topological polar surface area (TPSA) is 41.5 Å². The number of nitrogens with zero attached hydrogens (tertiary/aromatic N) is 1. The average molecular weight is 258 g/mol. The van der Waals surface area contributed by atoms with Crippen molar-refractivity contribution in [2.75, 3.05) is 0 Å². The highest BCUT2D eigenvalue weighted by molar-refractivity contribution is 7.11. The lowest BCUT2D eigenvalue weighted by molar-refractivity contribution is 0.0955. The summed E-state index contributed by atoms with van der Waals surface area (Å²) in [4.78, 5) is 12.8. The molecule has 1 N–H and O–H groups in total. The Morgan fingerprint density at radius 3 is 2.78 bits per heavy atom. The van der Waals surface area contributed by atoms with Gasteiger partial charge in [-0.25, -0.2) is 5.43 Å². The number of thiophene rings is 1. The molecule has 18 heavy (non-hydrogen) atoms. The van der Waals surface area contributed by atoms with E-state index in [1.165, 1.54) is 5.56 Å². The van der Waals surface area contributed by atoms with Gasteiger partial charge in [0.2, 0.25) is 0 Å². The summed E-state index contributed by atoms with van der Waals surface area (Å²) in [6.45, 7) is 4.01. The first kappa shape index (κ1) is 12.5. The minimum Gasteiger partial charge on any atom is -0.267 e. The second-order valence-corrected chi connectivity index (χ2v) is 4.99. The Morgan fingerprint density at radius 2 is 2.11 bits per heavy atom. The molecule has 0 aliphatic rings. The van der Waals surface area contributed by atoms with Crippen LogP contribution in [0.5, 0.6) is 0 Å². The molecule has 3 nitrogen and oxygen atoms in total. The van der Waals surface area contributed by atoms with E-state index >= 15 is 0 Å². The number of aryl methyl sites for hydroxylation is 2. The summed E-state index contributed by atoms with van der Waals surface area (Å²) in [5.41, 5.74) is 5.42. The number of benzene rings is 1. The lowest BCUT2D eigenvalue weighted by Gasteiger charge is -2.03. The van der Waals surface area contributed by atoms with Gasteiger partial charge in [-0.3, -0.25) is 4.79 Å². The maximum Gasteiger partial charge on any atom is 0.271 e. The predicted octanol–water partition coefficient (Wildman–Crippen LogP) is 3.13. The SMILES string of the molecule is Cc1ccc(C(=O)N/N=C/c2cccs2)cc1C. The molecule has 4 heteroatoms. The first-order chi connectivity index (χ1) is 8.66. The monoisotopic (exact) mass is 258 g/mol. The molecule has 0 aliphatic heterocycles. The summed E-state index contributed by atoms with van der Waals surface area (Å²) in [6.07, 6.45) is 1.64. The minimum absolute atomic E-state index is 0.189. The number of carbonyl (C=O) groups is 1. The molecule has 1 heterocycles. The van der Waals surface area contributed by atoms with Gasteiger partial charge in [0.25, 0.3) is 5.91 Å². The zero-order chi connectivity index (χ0) is 13.0. The summed E-state index contributed by atoms with van der Waals surface area (Å²) in [5, 5.41) is 5.89. The average Bonchev–Trinajstić information content (AvgIpc) is 2.85. The van der Waals surface area contributed by atoms with E-state index in [9.17, 15) is 4.79 Å². The van der Waals surface area contributed by atoms with Crippen molar-refractivity contribution in [2.24, 2.45) is 5.10 Å². The molecule has 2 rings (SSSR count). The molecular weight excluding hydrogens is 244 g/mol. The zero-order valence-corrected chi connectivity index (χ0v) is 11.1. The van der Waals surface area contributed by atoms with Crippen LogP contribution in [0.2, 0.25) is 0 Å². The number of hydrogen-bond donors (Lipinski definition) is 1. The highest BCUT2D eigenvalue weighted by Crippen LogP contribution is 2.09. The molecule has 0 radical (unpaired) electrons. The number of hydrogen-bond acceptors (Lipinski definition) is 3. The summed E-state index contributed by atoms with van der Waals surface area (Å²) >= 11 is 1.57. The third-order valence-corrected chi connectivity index (χ3v) is 3.48. The van der Waals surface area contributed by atoms with Crippen molar-refractivity contribution in [2.45, 2.75) is 13.8 Å². The zero-order valence-electron chi connectivity index (χ0n) is 10.3. The van der Waals surface area contributed by atoms with Gasteiger partial charge in [0.15, 0.2) is 0 Å². The van der Waals surface area contributed by atoms with Crippen molar-refractivity contribution in [3.8, 4) is 0 Å². The molecule has 1 amide bonds. The van der Waals surface area contributed by atoms with E-state index in [-0.39, 0.29) is 5.91 Å². The smallest absolute Gasteiger partial charge is 0.267 e. The first-order valence-electron chi connectivity index (χ1n) is 5.61. The summed E-state index contributed by atoms with van der Waals surface area (Å²) in [6, 6.07) is 9.49. The van der Waals surface area contributed by atoms with E-state index < -0.39 is 0 Å². The van der Waals surface area contributed by atoms with Crippen molar-refractivity contribution in [3.05, 3.63) is 57.3 Å². The van der Waals surface area contributed by atoms with E-state index in [2.05, 4.69) is 10.5 Å². The Balaban J connectivity index is 2.01. The van der Waals surface area contributed by atoms with Gasteiger partial charge in [0.05, 0.1) is 6.21 Å². The predicted molar refractivity (Wildman–Crippen MR) is 75.3 cm³/mol. The largest absolute Gasteiger partial charge is 0.271 e. The molecule has 2 aromatic rings. The normalized spacial score (nSPS) is 10.8. The van der Waals surface area contributed by atoms with E-state index in [1.54, 1.807) is 23.6 Å². The van der Waals surface area contributed by atoms with E-state index in [1.807, 2.05) is 43.5 Å². The number of carbonyl (C=O) groups excluding carboxylic acids is 1. The van der Waals surface area contributed by atoms with Gasteiger partial charge < -0.3 is 0 Å². The van der Waals surface area contributed by atoms with Crippen molar-refractivity contribution in [1.82, 2.24) is 5.43 Å². The Morgan fingerprint density at radius 1 is 1.28 bits per heavy atom. The van der Waals surface area contributed by atoms with Crippen LogP contribution in [0.3, 0.4) is 0 Å². The highest BCUT2D eigenvalue weighted by Gasteiger charge is 2.04. The second kappa shape index (κ2) is 5.60. The van der Waals surface area contributed by atoms with Crippen LogP contribution in [0.4, 0.5) is 0 Å². The lowest BCUT2D eigenvalue weighted by atomic mass is 10.1. The number of amides is 1. The van der Waals surface area contributed by atoms with Crippen LogP contribution in [0.25, 0.3) is 0 Å². The van der Waals surface area contributed by atoms with Crippen LogP contribution in [-0.2, 0) is 0 Å². The molecule has 0 aliphatic carbocycles. The molecule has 1 aromatic carbocycles. The number of hydrazone groups is 1. The fraction of sp³-hybridized carbons (Fsp3) is 0.143. The van der Waals surface area contributed by atoms with Crippen LogP contribution >= 0.6 is 11.3 Å². The van der Waals surface area contributed by atoms with Gasteiger partial charge in [-0.05, 0) is 48.6 Å². The molecule has 0 spiro atoms. The molecule has 0 unspecified atom stereocenters. The molecule has 0 saturated heterocycles. The Kier molecular flexibility index (Phi) is 3.89. The van der Waals surface area contributed by atoms with Crippen LogP contribution in [0.1, 0.15) is 26.4 Å². The van der Waals surface area contributed by atoms with Gasteiger partial charge in [-0.2, -0.15) is 5.10 Å². The Hall–Kier alpha value is -1.94. The molecule has 0 saturated carbocycles. The molecule has 0 atom stereocenters. The maximum atomic E-state index is 11.8. The number of rotatable bonds is 3. The Bertz CT molecular complexity index is 573.